The average molecular weight is 454 g/mol. The number of carbonyl (C=O) groups is 1. The highest BCUT2D eigenvalue weighted by Gasteiger charge is 2.66. The van der Waals surface area contributed by atoms with Gasteiger partial charge in [-0.2, -0.15) is 0 Å². The summed E-state index contributed by atoms with van der Waals surface area (Å²) in [7, 11) is 0. The summed E-state index contributed by atoms with van der Waals surface area (Å²) in [5.41, 5.74) is -0.479. The Balaban J connectivity index is 0.00000231. The molecule has 1 aliphatic heterocycles. The zero-order chi connectivity index (χ0) is 21.1. The summed E-state index contributed by atoms with van der Waals surface area (Å²) < 4.78 is 0. The highest BCUT2D eigenvalue weighted by molar-refractivity contribution is 6.00. The van der Waals surface area contributed by atoms with Gasteiger partial charge in [0.2, 0.25) is 0 Å². The number of ketones is 1. The van der Waals surface area contributed by atoms with Crippen LogP contribution in [0.1, 0.15) is 71.6 Å². The molecule has 1 heterocycles. The smallest absolute Gasteiger partial charge is 0.141 e. The van der Waals surface area contributed by atoms with Crippen molar-refractivity contribution < 1.29 is 19.9 Å². The van der Waals surface area contributed by atoms with Crippen LogP contribution >= 0.6 is 12.4 Å². The van der Waals surface area contributed by atoms with Crippen LogP contribution in [0.2, 0.25) is 0 Å². The lowest BCUT2D eigenvalue weighted by Gasteiger charge is -2.62. The number of rotatable bonds is 2. The number of carbonyl (C=O) groups excluding carboxylic acids is 1. The summed E-state index contributed by atoms with van der Waals surface area (Å²) in [5, 5.41) is 33.2. The van der Waals surface area contributed by atoms with Crippen LogP contribution < -0.4 is 5.32 Å². The summed E-state index contributed by atoms with van der Waals surface area (Å²) in [6, 6.07) is 0. The van der Waals surface area contributed by atoms with Crippen molar-refractivity contribution in [1.82, 2.24) is 5.32 Å². The second-order valence-electron chi connectivity index (χ2n) is 10.9. The highest BCUT2D eigenvalue weighted by Crippen LogP contribution is 2.65. The minimum absolute atomic E-state index is 0. The van der Waals surface area contributed by atoms with Gasteiger partial charge in [0, 0.05) is 36.6 Å². The number of hydrogen-bond donors (Lipinski definition) is 3. The molecule has 0 aromatic carbocycles. The van der Waals surface area contributed by atoms with Crippen LogP contribution in [0.15, 0.2) is 10.3 Å². The first-order valence-corrected chi connectivity index (χ1v) is 11.7. The van der Waals surface area contributed by atoms with Gasteiger partial charge in [0.25, 0.3) is 0 Å². The second kappa shape index (κ2) is 7.99. The molecule has 5 aliphatic rings. The van der Waals surface area contributed by atoms with Crippen molar-refractivity contribution >= 4 is 29.6 Å². The predicted molar refractivity (Wildman–Crippen MR) is 120 cm³/mol. The van der Waals surface area contributed by atoms with Gasteiger partial charge >= 0.3 is 0 Å². The number of aliphatic hydroxyl groups is 1. The van der Waals surface area contributed by atoms with E-state index in [1.165, 1.54) is 0 Å². The Labute approximate surface area is 190 Å². The molecule has 5 rings (SSSR count). The third-order valence-corrected chi connectivity index (χ3v) is 9.68. The van der Waals surface area contributed by atoms with Crippen molar-refractivity contribution in [3.63, 3.8) is 0 Å². The van der Waals surface area contributed by atoms with E-state index >= 15 is 0 Å². The van der Waals surface area contributed by atoms with Crippen LogP contribution in [0.3, 0.4) is 0 Å². The Kier molecular flexibility index (Phi) is 5.93. The Bertz CT molecular complexity index is 798. The third kappa shape index (κ3) is 3.25. The molecule has 4 saturated carbocycles. The van der Waals surface area contributed by atoms with Gasteiger partial charge in [0.05, 0.1) is 11.4 Å². The van der Waals surface area contributed by atoms with E-state index in [1.54, 1.807) is 0 Å². The molecule has 5 fully saturated rings. The van der Waals surface area contributed by atoms with E-state index in [9.17, 15) is 15.1 Å². The minimum atomic E-state index is -1.20. The first-order valence-electron chi connectivity index (χ1n) is 11.7. The summed E-state index contributed by atoms with van der Waals surface area (Å²) in [6.07, 6.45) is 7.04. The molecule has 1 saturated heterocycles. The van der Waals surface area contributed by atoms with Crippen LogP contribution in [-0.2, 0) is 9.63 Å². The standard InChI is InChI=1S/C23H35N3O4.ClH/c1-21-8-6-18-16(17(21)3-4-20(21)27)11-19(25-29)23(28)12-14(5-9-22(18,23)2)26-30-15-7-10-24-13-15;/h15-18,24,28-29H,3-13H2,1-2H3;1H/b25-19+,26-14+;/t15-,16-,17-,18-,21-,22+,23-;/m0./s1. The van der Waals surface area contributed by atoms with E-state index < -0.39 is 5.60 Å². The fourth-order valence-corrected chi connectivity index (χ4v) is 7.72. The summed E-state index contributed by atoms with van der Waals surface area (Å²) in [6.45, 7) is 6.07. The molecule has 174 valence electrons. The van der Waals surface area contributed by atoms with Gasteiger partial charge in [-0.05, 0) is 62.8 Å². The van der Waals surface area contributed by atoms with Crippen molar-refractivity contribution in [3.8, 4) is 0 Å². The molecule has 0 amide bonds. The molecule has 0 bridgehead atoms. The fraction of sp³-hybridized carbons (Fsp3) is 0.870. The van der Waals surface area contributed by atoms with Crippen molar-refractivity contribution in [2.24, 2.45) is 38.9 Å². The number of halogens is 1. The van der Waals surface area contributed by atoms with Crippen molar-refractivity contribution in [1.29, 1.82) is 0 Å². The van der Waals surface area contributed by atoms with Gasteiger partial charge in [-0.15, -0.1) is 12.4 Å². The third-order valence-electron chi connectivity index (χ3n) is 9.68. The number of nitrogens with zero attached hydrogens (tertiary/aromatic N) is 2. The van der Waals surface area contributed by atoms with E-state index in [0.29, 0.717) is 48.5 Å². The van der Waals surface area contributed by atoms with E-state index in [-0.39, 0.29) is 29.3 Å². The molecule has 0 unspecified atom stereocenters. The molecule has 0 aromatic rings. The summed E-state index contributed by atoms with van der Waals surface area (Å²) >= 11 is 0. The molecule has 8 heteroatoms. The normalized spacial score (nSPS) is 49.3. The van der Waals surface area contributed by atoms with Gasteiger partial charge < -0.3 is 20.5 Å². The topological polar surface area (TPSA) is 104 Å². The highest BCUT2D eigenvalue weighted by atomic mass is 35.5. The van der Waals surface area contributed by atoms with Crippen molar-refractivity contribution in [2.75, 3.05) is 13.1 Å². The first kappa shape index (κ1) is 23.0. The lowest BCUT2D eigenvalue weighted by Crippen LogP contribution is -2.66. The maximum Gasteiger partial charge on any atom is 0.141 e. The quantitative estimate of drug-likeness (QED) is 0.439. The number of Topliss-reactive ketones (excluding diaryl/α,β-unsaturated/α-hetero) is 1. The number of fused-ring (bicyclic) bond motifs is 5. The van der Waals surface area contributed by atoms with Crippen LogP contribution in [0.5, 0.6) is 0 Å². The molecule has 0 spiro atoms. The lowest BCUT2D eigenvalue weighted by molar-refractivity contribution is -0.146. The maximum atomic E-state index is 12.6. The van der Waals surface area contributed by atoms with Crippen LogP contribution in [0.25, 0.3) is 0 Å². The maximum absolute atomic E-state index is 12.6. The Hall–Kier alpha value is -1.18. The van der Waals surface area contributed by atoms with Gasteiger partial charge in [0.1, 0.15) is 17.5 Å². The molecular weight excluding hydrogens is 418 g/mol. The van der Waals surface area contributed by atoms with E-state index in [1.807, 2.05) is 0 Å². The SMILES string of the molecule is C[C@]12CC[C@H]3[C@@H](C/C(=N\O)[C@@]4(O)C/C(=N/O[C@H]5CCNC5)CC[C@]34C)[C@@H]1CCC2=O.Cl. The molecule has 31 heavy (non-hydrogen) atoms. The first-order chi connectivity index (χ1) is 14.3. The number of nitrogens with one attached hydrogen (secondary N) is 1. The van der Waals surface area contributed by atoms with Gasteiger partial charge in [0.15, 0.2) is 0 Å². The summed E-state index contributed by atoms with van der Waals surface area (Å²) in [5.74, 6) is 1.36. The molecule has 7 atom stereocenters. The van der Waals surface area contributed by atoms with Gasteiger partial charge in [-0.25, -0.2) is 0 Å². The van der Waals surface area contributed by atoms with Crippen LogP contribution in [0, 0.1) is 28.6 Å². The molecule has 0 aromatic heterocycles. The zero-order valence-corrected chi connectivity index (χ0v) is 19.4. The van der Waals surface area contributed by atoms with E-state index in [2.05, 4.69) is 29.5 Å². The van der Waals surface area contributed by atoms with Gasteiger partial charge in [-0.1, -0.05) is 24.2 Å². The zero-order valence-electron chi connectivity index (χ0n) is 18.6. The molecule has 0 radical (unpaired) electrons. The monoisotopic (exact) mass is 453 g/mol. The summed E-state index contributed by atoms with van der Waals surface area (Å²) in [4.78, 5) is 18.4. The Morgan fingerprint density at radius 3 is 2.65 bits per heavy atom. The van der Waals surface area contributed by atoms with Crippen molar-refractivity contribution in [3.05, 3.63) is 0 Å². The van der Waals surface area contributed by atoms with Crippen LogP contribution in [0.4, 0.5) is 0 Å². The molecule has 4 aliphatic carbocycles. The molecule has 3 N–H and O–H groups in total. The largest absolute Gasteiger partial charge is 0.411 e. The Morgan fingerprint density at radius 1 is 1.13 bits per heavy atom. The van der Waals surface area contributed by atoms with E-state index in [0.717, 1.165) is 57.3 Å². The van der Waals surface area contributed by atoms with Crippen LogP contribution in [-0.4, -0.2) is 52.3 Å². The van der Waals surface area contributed by atoms with Gasteiger partial charge in [-0.3, -0.25) is 4.79 Å². The molecule has 7 nitrogen and oxygen atoms in total. The average Bonchev–Trinajstić information content (AvgIpc) is 3.35. The number of hydrogen-bond acceptors (Lipinski definition) is 7. The minimum Gasteiger partial charge on any atom is -0.411 e. The second-order valence-corrected chi connectivity index (χ2v) is 10.9. The molecular formula is C23H36ClN3O4. The predicted octanol–water partition coefficient (Wildman–Crippen LogP) is 3.31. The number of oxime groups is 2. The lowest BCUT2D eigenvalue weighted by atomic mass is 9.43. The fourth-order valence-electron chi connectivity index (χ4n) is 7.72. The van der Waals surface area contributed by atoms with Crippen molar-refractivity contribution in [2.45, 2.75) is 83.3 Å². The van der Waals surface area contributed by atoms with E-state index in [4.69, 9.17) is 4.84 Å². The Morgan fingerprint density at radius 2 is 1.94 bits per heavy atom.